The maximum atomic E-state index is 12.0. The SMILES string of the molecule is COc1ccc(Cl)cc1NC(=O)CCCC(=O)OCC(=O)Nc1cccc(Cl)c1. The number of carbonyl (C=O) groups excluding carboxylic acids is 3. The second kappa shape index (κ2) is 11.3. The third-order valence-corrected chi connectivity index (χ3v) is 4.16. The summed E-state index contributed by atoms with van der Waals surface area (Å²) < 4.78 is 10.1. The number of methoxy groups -OCH3 is 1. The number of hydrogen-bond donors (Lipinski definition) is 2. The maximum absolute atomic E-state index is 12.0. The van der Waals surface area contributed by atoms with Crippen LogP contribution >= 0.6 is 23.2 Å². The van der Waals surface area contributed by atoms with E-state index < -0.39 is 18.5 Å². The van der Waals surface area contributed by atoms with Crippen LogP contribution in [0.4, 0.5) is 11.4 Å². The van der Waals surface area contributed by atoms with Gasteiger partial charge in [0.25, 0.3) is 5.91 Å². The summed E-state index contributed by atoms with van der Waals surface area (Å²) in [5.41, 5.74) is 0.955. The summed E-state index contributed by atoms with van der Waals surface area (Å²) in [6.07, 6.45) is 0.369. The highest BCUT2D eigenvalue weighted by molar-refractivity contribution is 6.31. The average molecular weight is 439 g/mol. The largest absolute Gasteiger partial charge is 0.495 e. The van der Waals surface area contributed by atoms with E-state index in [0.717, 1.165) is 0 Å². The van der Waals surface area contributed by atoms with Gasteiger partial charge in [0.2, 0.25) is 5.91 Å². The second-order valence-electron chi connectivity index (χ2n) is 5.97. The van der Waals surface area contributed by atoms with Gasteiger partial charge < -0.3 is 20.1 Å². The molecule has 154 valence electrons. The van der Waals surface area contributed by atoms with Gasteiger partial charge in [0.05, 0.1) is 12.8 Å². The third-order valence-electron chi connectivity index (χ3n) is 3.69. The van der Waals surface area contributed by atoms with E-state index in [4.69, 9.17) is 32.7 Å². The average Bonchev–Trinajstić information content (AvgIpc) is 2.66. The van der Waals surface area contributed by atoms with Crippen LogP contribution in [0.1, 0.15) is 19.3 Å². The summed E-state index contributed by atoms with van der Waals surface area (Å²) in [5, 5.41) is 6.19. The third kappa shape index (κ3) is 8.01. The predicted octanol–water partition coefficient (Wildman–Crippen LogP) is 4.29. The molecule has 2 amide bonds. The van der Waals surface area contributed by atoms with Crippen molar-refractivity contribution in [2.45, 2.75) is 19.3 Å². The smallest absolute Gasteiger partial charge is 0.306 e. The van der Waals surface area contributed by atoms with Crippen LogP contribution in [0.25, 0.3) is 0 Å². The molecule has 0 bridgehead atoms. The van der Waals surface area contributed by atoms with E-state index in [1.807, 2.05) is 0 Å². The Labute approximate surface area is 178 Å². The predicted molar refractivity (Wildman–Crippen MR) is 112 cm³/mol. The number of nitrogens with one attached hydrogen (secondary N) is 2. The van der Waals surface area contributed by atoms with Gasteiger partial charge in [0.15, 0.2) is 6.61 Å². The minimum Gasteiger partial charge on any atom is -0.495 e. The number of amides is 2. The lowest BCUT2D eigenvalue weighted by atomic mass is 10.2. The molecule has 0 heterocycles. The fourth-order valence-corrected chi connectivity index (χ4v) is 2.73. The van der Waals surface area contributed by atoms with Crippen molar-refractivity contribution in [1.82, 2.24) is 0 Å². The van der Waals surface area contributed by atoms with Gasteiger partial charge in [-0.3, -0.25) is 14.4 Å². The maximum Gasteiger partial charge on any atom is 0.306 e. The molecule has 2 rings (SSSR count). The number of carbonyl (C=O) groups is 3. The summed E-state index contributed by atoms with van der Waals surface area (Å²) >= 11 is 11.7. The van der Waals surface area contributed by atoms with E-state index in [1.54, 1.807) is 42.5 Å². The standard InChI is InChI=1S/C20H20Cl2N2O5/c1-28-17-9-8-14(22)11-16(17)24-18(25)6-3-7-20(27)29-12-19(26)23-15-5-2-4-13(21)10-15/h2,4-5,8-11H,3,6-7,12H2,1H3,(H,23,26)(H,24,25). The van der Waals surface area contributed by atoms with E-state index >= 15 is 0 Å². The Balaban J connectivity index is 1.68. The highest BCUT2D eigenvalue weighted by atomic mass is 35.5. The van der Waals surface area contributed by atoms with Gasteiger partial charge in [-0.15, -0.1) is 0 Å². The van der Waals surface area contributed by atoms with Gasteiger partial charge in [0, 0.05) is 28.6 Å². The number of halogens is 2. The second-order valence-corrected chi connectivity index (χ2v) is 6.84. The number of ether oxygens (including phenoxy) is 2. The van der Waals surface area contributed by atoms with Crippen molar-refractivity contribution in [1.29, 1.82) is 0 Å². The lowest BCUT2D eigenvalue weighted by Gasteiger charge is -2.10. The first kappa shape index (κ1) is 22.5. The molecule has 2 aromatic rings. The van der Waals surface area contributed by atoms with Crippen molar-refractivity contribution >= 4 is 52.4 Å². The molecule has 0 aliphatic heterocycles. The monoisotopic (exact) mass is 438 g/mol. The van der Waals surface area contributed by atoms with Crippen molar-refractivity contribution < 1.29 is 23.9 Å². The van der Waals surface area contributed by atoms with E-state index in [9.17, 15) is 14.4 Å². The summed E-state index contributed by atoms with van der Waals surface area (Å²) in [7, 11) is 1.48. The molecule has 0 saturated carbocycles. The van der Waals surface area contributed by atoms with Gasteiger partial charge >= 0.3 is 5.97 Å². The van der Waals surface area contributed by atoms with Gasteiger partial charge in [-0.2, -0.15) is 0 Å². The summed E-state index contributed by atoms with van der Waals surface area (Å²) in [4.78, 5) is 35.6. The molecule has 0 fully saturated rings. The molecule has 29 heavy (non-hydrogen) atoms. The number of rotatable bonds is 9. The van der Waals surface area contributed by atoms with Crippen molar-refractivity contribution in [3.63, 3.8) is 0 Å². The molecule has 2 aromatic carbocycles. The van der Waals surface area contributed by atoms with Gasteiger partial charge in [0.1, 0.15) is 5.75 Å². The highest BCUT2D eigenvalue weighted by Crippen LogP contribution is 2.27. The molecule has 0 aliphatic carbocycles. The summed E-state index contributed by atoms with van der Waals surface area (Å²) in [6, 6.07) is 11.5. The van der Waals surface area contributed by atoms with Crippen molar-refractivity contribution in [3.05, 3.63) is 52.5 Å². The first-order chi connectivity index (χ1) is 13.9. The van der Waals surface area contributed by atoms with Crippen LogP contribution in [0.15, 0.2) is 42.5 Å². The Kier molecular flexibility index (Phi) is 8.76. The lowest BCUT2D eigenvalue weighted by molar-refractivity contribution is -0.147. The van der Waals surface area contributed by atoms with Crippen LogP contribution in [0.5, 0.6) is 5.75 Å². The zero-order chi connectivity index (χ0) is 21.2. The minimum atomic E-state index is -0.570. The molecular formula is C20H20Cl2N2O5. The molecule has 0 aliphatic rings. The van der Waals surface area contributed by atoms with E-state index in [1.165, 1.54) is 7.11 Å². The zero-order valence-electron chi connectivity index (χ0n) is 15.7. The quantitative estimate of drug-likeness (QED) is 0.569. The molecule has 0 aromatic heterocycles. The Bertz CT molecular complexity index is 889. The Morgan fingerprint density at radius 3 is 2.41 bits per heavy atom. The van der Waals surface area contributed by atoms with E-state index in [-0.39, 0.29) is 25.2 Å². The molecule has 0 radical (unpaired) electrons. The Morgan fingerprint density at radius 1 is 0.931 bits per heavy atom. The van der Waals surface area contributed by atoms with Crippen molar-refractivity contribution in [2.75, 3.05) is 24.4 Å². The molecule has 2 N–H and O–H groups in total. The van der Waals surface area contributed by atoms with Crippen LogP contribution in [0.2, 0.25) is 10.0 Å². The Hall–Kier alpha value is -2.77. The van der Waals surface area contributed by atoms with E-state index in [2.05, 4.69) is 10.6 Å². The van der Waals surface area contributed by atoms with Gasteiger partial charge in [-0.05, 0) is 42.8 Å². The molecule has 0 unspecified atom stereocenters. The van der Waals surface area contributed by atoms with Crippen molar-refractivity contribution in [3.8, 4) is 5.75 Å². The summed E-state index contributed by atoms with van der Waals surface area (Å²) in [6.45, 7) is -0.419. The molecular weight excluding hydrogens is 419 g/mol. The first-order valence-corrected chi connectivity index (χ1v) is 9.47. The van der Waals surface area contributed by atoms with Crippen LogP contribution in [-0.4, -0.2) is 31.5 Å². The molecule has 0 atom stereocenters. The number of hydrogen-bond acceptors (Lipinski definition) is 5. The molecule has 9 heteroatoms. The van der Waals surface area contributed by atoms with Crippen LogP contribution in [0.3, 0.4) is 0 Å². The normalized spacial score (nSPS) is 10.2. The van der Waals surface area contributed by atoms with Crippen LogP contribution in [-0.2, 0) is 19.1 Å². The molecule has 0 spiro atoms. The lowest BCUT2D eigenvalue weighted by Crippen LogP contribution is -2.21. The summed E-state index contributed by atoms with van der Waals surface area (Å²) in [5.74, 6) is -0.865. The fourth-order valence-electron chi connectivity index (χ4n) is 2.37. The fraction of sp³-hybridized carbons (Fsp3) is 0.250. The van der Waals surface area contributed by atoms with Gasteiger partial charge in [-0.1, -0.05) is 29.3 Å². The zero-order valence-corrected chi connectivity index (χ0v) is 17.2. The number of anilines is 2. The van der Waals surface area contributed by atoms with Crippen molar-refractivity contribution in [2.24, 2.45) is 0 Å². The highest BCUT2D eigenvalue weighted by Gasteiger charge is 2.11. The first-order valence-electron chi connectivity index (χ1n) is 8.72. The van der Waals surface area contributed by atoms with Gasteiger partial charge in [-0.25, -0.2) is 0 Å². The topological polar surface area (TPSA) is 93.7 Å². The number of benzene rings is 2. The Morgan fingerprint density at radius 2 is 1.69 bits per heavy atom. The van der Waals surface area contributed by atoms with E-state index in [0.29, 0.717) is 27.2 Å². The molecule has 0 saturated heterocycles. The van der Waals surface area contributed by atoms with Crippen LogP contribution < -0.4 is 15.4 Å². The van der Waals surface area contributed by atoms with Crippen LogP contribution in [0, 0.1) is 0 Å². The minimum absolute atomic E-state index is 0.00451. The number of esters is 1. The molecule has 7 nitrogen and oxygen atoms in total.